The highest BCUT2D eigenvalue weighted by atomic mass is 16.5. The average molecular weight is 296 g/mol. The van der Waals surface area contributed by atoms with Gasteiger partial charge in [-0.25, -0.2) is 0 Å². The monoisotopic (exact) mass is 296 g/mol. The normalized spacial score (nSPS) is 22.6. The standard InChI is InChI=1S/C19H24N2O/c1-21-11-9-19(22-15-17-8-5-10-20-13-17)18(14-21)12-16-6-3-2-4-7-16/h2-8,10,13,18-19H,9,11-12,14-15H2,1H3/t18-,19+/m1/s1. The van der Waals surface area contributed by atoms with Gasteiger partial charge in [0.25, 0.3) is 0 Å². The molecular weight excluding hydrogens is 272 g/mol. The van der Waals surface area contributed by atoms with Gasteiger partial charge in [-0.15, -0.1) is 0 Å². The van der Waals surface area contributed by atoms with Crippen LogP contribution in [0, 0.1) is 5.92 Å². The first kappa shape index (κ1) is 15.2. The SMILES string of the molecule is CN1CC[C@H](OCc2cccnc2)[C@H](Cc2ccccc2)C1. The lowest BCUT2D eigenvalue weighted by Gasteiger charge is -2.36. The van der Waals surface area contributed by atoms with Crippen LogP contribution < -0.4 is 0 Å². The lowest BCUT2D eigenvalue weighted by atomic mass is 9.89. The van der Waals surface area contributed by atoms with Crippen LogP contribution in [0.2, 0.25) is 0 Å². The predicted molar refractivity (Wildman–Crippen MR) is 88.6 cm³/mol. The quantitative estimate of drug-likeness (QED) is 0.847. The number of hydrogen-bond donors (Lipinski definition) is 0. The van der Waals surface area contributed by atoms with Gasteiger partial charge < -0.3 is 9.64 Å². The van der Waals surface area contributed by atoms with Crippen molar-refractivity contribution in [3.63, 3.8) is 0 Å². The summed E-state index contributed by atoms with van der Waals surface area (Å²) in [4.78, 5) is 6.57. The first-order valence-corrected chi connectivity index (χ1v) is 8.04. The maximum absolute atomic E-state index is 6.24. The Labute approximate surface area is 132 Å². The minimum atomic E-state index is 0.330. The highest BCUT2D eigenvalue weighted by Crippen LogP contribution is 2.24. The van der Waals surface area contributed by atoms with Crippen LogP contribution in [0.1, 0.15) is 17.5 Å². The number of hydrogen-bond acceptors (Lipinski definition) is 3. The number of ether oxygens (including phenoxy) is 1. The summed E-state index contributed by atoms with van der Waals surface area (Å²) >= 11 is 0. The van der Waals surface area contributed by atoms with E-state index in [2.05, 4.69) is 53.3 Å². The Morgan fingerprint density at radius 1 is 1.14 bits per heavy atom. The average Bonchev–Trinajstić information content (AvgIpc) is 2.56. The van der Waals surface area contributed by atoms with E-state index in [-0.39, 0.29) is 0 Å². The molecule has 3 rings (SSSR count). The molecule has 0 unspecified atom stereocenters. The van der Waals surface area contributed by atoms with Crippen molar-refractivity contribution in [1.29, 1.82) is 0 Å². The van der Waals surface area contributed by atoms with Crippen LogP contribution >= 0.6 is 0 Å². The van der Waals surface area contributed by atoms with E-state index < -0.39 is 0 Å². The van der Waals surface area contributed by atoms with Crippen LogP contribution in [0.25, 0.3) is 0 Å². The zero-order valence-electron chi connectivity index (χ0n) is 13.2. The molecule has 0 aliphatic carbocycles. The third-order valence-corrected chi connectivity index (χ3v) is 4.39. The summed E-state index contributed by atoms with van der Waals surface area (Å²) in [5, 5.41) is 0. The van der Waals surface area contributed by atoms with E-state index in [0.29, 0.717) is 18.6 Å². The van der Waals surface area contributed by atoms with Crippen molar-refractivity contribution in [2.45, 2.75) is 25.6 Å². The zero-order chi connectivity index (χ0) is 15.2. The molecule has 2 aromatic rings. The van der Waals surface area contributed by atoms with E-state index >= 15 is 0 Å². The van der Waals surface area contributed by atoms with Gasteiger partial charge in [0.1, 0.15) is 0 Å². The van der Waals surface area contributed by atoms with Gasteiger partial charge in [-0.05, 0) is 37.1 Å². The zero-order valence-corrected chi connectivity index (χ0v) is 13.2. The second-order valence-corrected chi connectivity index (χ2v) is 6.21. The third kappa shape index (κ3) is 4.15. The second-order valence-electron chi connectivity index (χ2n) is 6.21. The van der Waals surface area contributed by atoms with E-state index in [1.165, 1.54) is 5.56 Å². The summed E-state index contributed by atoms with van der Waals surface area (Å²) in [6, 6.07) is 14.8. The summed E-state index contributed by atoms with van der Waals surface area (Å²) in [5.41, 5.74) is 2.55. The van der Waals surface area contributed by atoms with Gasteiger partial charge in [-0.3, -0.25) is 4.98 Å². The molecule has 0 amide bonds. The molecule has 2 heterocycles. The molecule has 116 valence electrons. The molecule has 0 spiro atoms. The van der Waals surface area contributed by atoms with E-state index in [4.69, 9.17) is 4.74 Å². The molecule has 3 heteroatoms. The number of benzene rings is 1. The van der Waals surface area contributed by atoms with Crippen LogP contribution in [0.5, 0.6) is 0 Å². The predicted octanol–water partition coefficient (Wildman–Crippen LogP) is 3.16. The number of rotatable bonds is 5. The summed E-state index contributed by atoms with van der Waals surface area (Å²) < 4.78 is 6.24. The highest BCUT2D eigenvalue weighted by molar-refractivity contribution is 5.16. The fraction of sp³-hybridized carbons (Fsp3) is 0.421. The van der Waals surface area contributed by atoms with Crippen LogP contribution in [0.15, 0.2) is 54.9 Å². The molecule has 1 aliphatic heterocycles. The summed E-state index contributed by atoms with van der Waals surface area (Å²) in [6.45, 7) is 2.88. The molecule has 1 fully saturated rings. The first-order valence-electron chi connectivity index (χ1n) is 8.04. The van der Waals surface area contributed by atoms with E-state index in [0.717, 1.165) is 31.5 Å². The smallest absolute Gasteiger partial charge is 0.0735 e. The van der Waals surface area contributed by atoms with Crippen molar-refractivity contribution in [3.8, 4) is 0 Å². The maximum Gasteiger partial charge on any atom is 0.0735 e. The summed E-state index contributed by atoms with van der Waals surface area (Å²) in [6.07, 6.45) is 6.21. The van der Waals surface area contributed by atoms with Crippen LogP contribution in [-0.2, 0) is 17.8 Å². The molecule has 0 saturated carbocycles. The van der Waals surface area contributed by atoms with Crippen molar-refractivity contribution < 1.29 is 4.74 Å². The van der Waals surface area contributed by atoms with Gasteiger partial charge >= 0.3 is 0 Å². The molecule has 1 aromatic heterocycles. The highest BCUT2D eigenvalue weighted by Gasteiger charge is 2.28. The second kappa shape index (κ2) is 7.52. The third-order valence-electron chi connectivity index (χ3n) is 4.39. The Kier molecular flexibility index (Phi) is 5.20. The Hall–Kier alpha value is -1.71. The topological polar surface area (TPSA) is 25.4 Å². The lowest BCUT2D eigenvalue weighted by Crippen LogP contribution is -2.43. The Bertz CT molecular complexity index is 558. The van der Waals surface area contributed by atoms with Gasteiger partial charge in [0, 0.05) is 31.4 Å². The number of pyridine rings is 1. The number of aromatic nitrogens is 1. The largest absolute Gasteiger partial charge is 0.373 e. The summed E-state index contributed by atoms with van der Waals surface area (Å²) in [7, 11) is 2.20. The van der Waals surface area contributed by atoms with Crippen LogP contribution in [0.4, 0.5) is 0 Å². The minimum absolute atomic E-state index is 0.330. The minimum Gasteiger partial charge on any atom is -0.373 e. The van der Waals surface area contributed by atoms with Crippen molar-refractivity contribution in [2.75, 3.05) is 20.1 Å². The molecule has 0 bridgehead atoms. The molecule has 0 radical (unpaired) electrons. The van der Waals surface area contributed by atoms with E-state index in [9.17, 15) is 0 Å². The molecular formula is C19H24N2O. The van der Waals surface area contributed by atoms with Gasteiger partial charge in [-0.2, -0.15) is 0 Å². The Morgan fingerprint density at radius 3 is 2.73 bits per heavy atom. The van der Waals surface area contributed by atoms with Crippen molar-refractivity contribution in [3.05, 3.63) is 66.0 Å². The van der Waals surface area contributed by atoms with Gasteiger partial charge in [0.15, 0.2) is 0 Å². The van der Waals surface area contributed by atoms with E-state index in [1.54, 1.807) is 6.20 Å². The maximum atomic E-state index is 6.24. The Balaban J connectivity index is 1.62. The van der Waals surface area contributed by atoms with Gasteiger partial charge in [0.2, 0.25) is 0 Å². The molecule has 2 atom stereocenters. The molecule has 1 aliphatic rings. The fourth-order valence-corrected chi connectivity index (χ4v) is 3.21. The molecule has 1 aromatic carbocycles. The van der Waals surface area contributed by atoms with Gasteiger partial charge in [-0.1, -0.05) is 36.4 Å². The lowest BCUT2D eigenvalue weighted by molar-refractivity contribution is -0.0374. The number of piperidine rings is 1. The van der Waals surface area contributed by atoms with Gasteiger partial charge in [0.05, 0.1) is 12.7 Å². The molecule has 22 heavy (non-hydrogen) atoms. The fourth-order valence-electron chi connectivity index (χ4n) is 3.21. The van der Waals surface area contributed by atoms with Crippen molar-refractivity contribution in [2.24, 2.45) is 5.92 Å². The molecule has 0 N–H and O–H groups in total. The van der Waals surface area contributed by atoms with Crippen molar-refractivity contribution in [1.82, 2.24) is 9.88 Å². The summed E-state index contributed by atoms with van der Waals surface area (Å²) in [5.74, 6) is 0.554. The molecule has 3 nitrogen and oxygen atoms in total. The number of likely N-dealkylation sites (tertiary alicyclic amines) is 1. The number of nitrogens with zero attached hydrogens (tertiary/aromatic N) is 2. The van der Waals surface area contributed by atoms with Crippen molar-refractivity contribution >= 4 is 0 Å². The Morgan fingerprint density at radius 2 is 1.95 bits per heavy atom. The van der Waals surface area contributed by atoms with E-state index in [1.807, 2.05) is 12.3 Å². The first-order chi connectivity index (χ1) is 10.8. The molecule has 1 saturated heterocycles. The van der Waals surface area contributed by atoms with Crippen LogP contribution in [-0.4, -0.2) is 36.1 Å². The van der Waals surface area contributed by atoms with Crippen LogP contribution in [0.3, 0.4) is 0 Å².